The van der Waals surface area contributed by atoms with Crippen LogP contribution in [0.25, 0.3) is 11.1 Å². The van der Waals surface area contributed by atoms with Gasteiger partial charge >= 0.3 is 18.0 Å². The standard InChI is InChI=1S/C24H25N3O8/c1-13(23(32)33)26-22(31)19(10-21(29)30)27-20(28)11-25-24(34)35-12-18-16-8-4-2-6-14(16)15-7-3-5-9-17(15)18/h2-9,13,18-19H,10-12H2,1H3,(H,25,34)(H,26,31)(H,27,28)(H,29,30)(H,32,33). The largest absolute Gasteiger partial charge is 0.481 e. The summed E-state index contributed by atoms with van der Waals surface area (Å²) in [5.74, 6) is -4.69. The van der Waals surface area contributed by atoms with E-state index in [2.05, 4.69) is 16.0 Å². The fourth-order valence-corrected chi connectivity index (χ4v) is 3.81. The average Bonchev–Trinajstić information content (AvgIpc) is 3.14. The third-order valence-electron chi connectivity index (χ3n) is 5.50. The Bertz CT molecular complexity index is 1100. The molecule has 11 nitrogen and oxygen atoms in total. The quantitative estimate of drug-likeness (QED) is 0.334. The lowest BCUT2D eigenvalue weighted by atomic mass is 9.98. The van der Waals surface area contributed by atoms with Gasteiger partial charge in [-0.15, -0.1) is 0 Å². The monoisotopic (exact) mass is 483 g/mol. The first-order chi connectivity index (χ1) is 16.7. The summed E-state index contributed by atoms with van der Waals surface area (Å²) >= 11 is 0. The molecule has 2 aromatic carbocycles. The fourth-order valence-electron chi connectivity index (χ4n) is 3.81. The molecule has 0 spiro atoms. The van der Waals surface area contributed by atoms with E-state index in [1.807, 2.05) is 48.5 Å². The molecule has 5 N–H and O–H groups in total. The maximum Gasteiger partial charge on any atom is 0.407 e. The van der Waals surface area contributed by atoms with Crippen LogP contribution in [0, 0.1) is 0 Å². The van der Waals surface area contributed by atoms with Gasteiger partial charge in [-0.2, -0.15) is 0 Å². The molecule has 0 aromatic heterocycles. The van der Waals surface area contributed by atoms with Crippen molar-refractivity contribution in [2.45, 2.75) is 31.3 Å². The van der Waals surface area contributed by atoms with Crippen molar-refractivity contribution in [3.05, 3.63) is 59.7 Å². The number of hydrogen-bond donors (Lipinski definition) is 5. The molecule has 0 fully saturated rings. The van der Waals surface area contributed by atoms with Gasteiger partial charge in [-0.3, -0.25) is 19.2 Å². The number of carbonyl (C=O) groups is 5. The van der Waals surface area contributed by atoms with Gasteiger partial charge < -0.3 is 30.9 Å². The molecule has 1 aliphatic carbocycles. The van der Waals surface area contributed by atoms with Crippen LogP contribution < -0.4 is 16.0 Å². The zero-order valence-corrected chi connectivity index (χ0v) is 18.8. The van der Waals surface area contributed by atoms with E-state index in [1.54, 1.807) is 0 Å². The lowest BCUT2D eigenvalue weighted by Gasteiger charge is -2.19. The molecule has 3 rings (SSSR count). The smallest absolute Gasteiger partial charge is 0.407 e. The lowest BCUT2D eigenvalue weighted by molar-refractivity contribution is -0.143. The van der Waals surface area contributed by atoms with Gasteiger partial charge in [0.2, 0.25) is 11.8 Å². The third kappa shape index (κ3) is 6.34. The molecule has 2 unspecified atom stereocenters. The molecule has 2 aromatic rings. The molecule has 3 amide bonds. The number of rotatable bonds is 10. The number of alkyl carbamates (subject to hydrolysis) is 1. The Labute approximate surface area is 200 Å². The van der Waals surface area contributed by atoms with Crippen molar-refractivity contribution in [1.29, 1.82) is 0 Å². The normalized spacial score (nSPS) is 13.5. The number of ether oxygens (including phenoxy) is 1. The minimum Gasteiger partial charge on any atom is -0.481 e. The summed E-state index contributed by atoms with van der Waals surface area (Å²) in [6.07, 6.45) is -1.63. The van der Waals surface area contributed by atoms with Crippen molar-refractivity contribution in [2.75, 3.05) is 13.2 Å². The van der Waals surface area contributed by atoms with E-state index < -0.39 is 54.9 Å². The van der Waals surface area contributed by atoms with Gasteiger partial charge in [-0.25, -0.2) is 4.79 Å². The van der Waals surface area contributed by atoms with Gasteiger partial charge in [-0.05, 0) is 29.2 Å². The van der Waals surface area contributed by atoms with Crippen LogP contribution in [-0.2, 0) is 23.9 Å². The molecular formula is C24H25N3O8. The summed E-state index contributed by atoms with van der Waals surface area (Å²) in [7, 11) is 0. The predicted octanol–water partition coefficient (Wildman–Crippen LogP) is 1.07. The summed E-state index contributed by atoms with van der Waals surface area (Å²) in [4.78, 5) is 58.5. The van der Waals surface area contributed by atoms with E-state index in [9.17, 15) is 24.0 Å². The van der Waals surface area contributed by atoms with Crippen LogP contribution in [-0.4, -0.2) is 65.3 Å². The Morgan fingerprint density at radius 1 is 0.914 bits per heavy atom. The van der Waals surface area contributed by atoms with Crippen molar-refractivity contribution in [3.63, 3.8) is 0 Å². The van der Waals surface area contributed by atoms with Gasteiger partial charge in [0.05, 0.1) is 6.42 Å². The highest BCUT2D eigenvalue weighted by Gasteiger charge is 2.29. The number of benzene rings is 2. The third-order valence-corrected chi connectivity index (χ3v) is 5.50. The molecule has 0 bridgehead atoms. The molecule has 2 atom stereocenters. The van der Waals surface area contributed by atoms with Crippen LogP contribution in [0.3, 0.4) is 0 Å². The summed E-state index contributed by atoms with van der Waals surface area (Å²) in [6.45, 7) is 0.658. The van der Waals surface area contributed by atoms with Gasteiger partial charge in [0.25, 0.3) is 0 Å². The minimum atomic E-state index is -1.52. The Balaban J connectivity index is 1.53. The molecule has 0 radical (unpaired) electrons. The molecule has 0 saturated carbocycles. The summed E-state index contributed by atoms with van der Waals surface area (Å²) in [6, 6.07) is 12.8. The molecular weight excluding hydrogens is 458 g/mol. The van der Waals surface area contributed by atoms with Gasteiger partial charge in [0.1, 0.15) is 25.2 Å². The number of aliphatic carboxylic acids is 2. The highest BCUT2D eigenvalue weighted by atomic mass is 16.5. The number of carboxylic acids is 2. The molecule has 0 aliphatic heterocycles. The average molecular weight is 483 g/mol. The highest BCUT2D eigenvalue weighted by molar-refractivity contribution is 5.93. The Kier molecular flexibility index (Phi) is 8.03. The maximum atomic E-state index is 12.2. The van der Waals surface area contributed by atoms with Crippen LogP contribution in [0.15, 0.2) is 48.5 Å². The second-order valence-electron chi connectivity index (χ2n) is 7.97. The molecule has 0 heterocycles. The van der Waals surface area contributed by atoms with Crippen molar-refractivity contribution in [2.24, 2.45) is 0 Å². The van der Waals surface area contributed by atoms with Crippen LogP contribution >= 0.6 is 0 Å². The van der Waals surface area contributed by atoms with E-state index in [0.29, 0.717) is 0 Å². The number of carboxylic acid groups (broad SMARTS) is 2. The van der Waals surface area contributed by atoms with E-state index >= 15 is 0 Å². The van der Waals surface area contributed by atoms with Crippen molar-refractivity contribution >= 4 is 29.8 Å². The van der Waals surface area contributed by atoms with E-state index in [1.165, 1.54) is 6.92 Å². The second kappa shape index (κ2) is 11.1. The SMILES string of the molecule is CC(NC(=O)C(CC(=O)O)NC(=O)CNC(=O)OCC1c2ccccc2-c2ccccc21)C(=O)O. The van der Waals surface area contributed by atoms with E-state index in [-0.39, 0.29) is 12.5 Å². The first kappa shape index (κ1) is 25.2. The second-order valence-corrected chi connectivity index (χ2v) is 7.97. The van der Waals surface area contributed by atoms with Crippen LogP contribution in [0.5, 0.6) is 0 Å². The molecule has 11 heteroatoms. The number of fused-ring (bicyclic) bond motifs is 3. The van der Waals surface area contributed by atoms with Crippen molar-refractivity contribution in [3.8, 4) is 11.1 Å². The summed E-state index contributed by atoms with van der Waals surface area (Å²) in [5, 5.41) is 24.4. The fraction of sp³-hybridized carbons (Fsp3) is 0.292. The minimum absolute atomic E-state index is 0.0403. The van der Waals surface area contributed by atoms with Crippen molar-refractivity contribution < 1.29 is 38.9 Å². The highest BCUT2D eigenvalue weighted by Crippen LogP contribution is 2.44. The molecule has 0 saturated heterocycles. The number of nitrogens with one attached hydrogen (secondary N) is 3. The number of amides is 3. The van der Waals surface area contributed by atoms with Crippen LogP contribution in [0.2, 0.25) is 0 Å². The Morgan fingerprint density at radius 2 is 1.49 bits per heavy atom. The molecule has 1 aliphatic rings. The van der Waals surface area contributed by atoms with Crippen molar-refractivity contribution in [1.82, 2.24) is 16.0 Å². The molecule has 184 valence electrons. The zero-order valence-electron chi connectivity index (χ0n) is 18.8. The first-order valence-electron chi connectivity index (χ1n) is 10.8. The Hall–Kier alpha value is -4.41. The van der Waals surface area contributed by atoms with E-state index in [4.69, 9.17) is 14.9 Å². The number of carbonyl (C=O) groups excluding carboxylic acids is 3. The summed E-state index contributed by atoms with van der Waals surface area (Å²) < 4.78 is 5.32. The Morgan fingerprint density at radius 3 is 2.03 bits per heavy atom. The predicted molar refractivity (Wildman–Crippen MR) is 122 cm³/mol. The first-order valence-corrected chi connectivity index (χ1v) is 10.8. The van der Waals surface area contributed by atoms with Gasteiger partial charge in [-0.1, -0.05) is 48.5 Å². The lowest BCUT2D eigenvalue weighted by Crippen LogP contribution is -2.53. The topological polar surface area (TPSA) is 171 Å². The number of hydrogen-bond acceptors (Lipinski definition) is 6. The summed E-state index contributed by atoms with van der Waals surface area (Å²) in [5.41, 5.74) is 4.18. The van der Waals surface area contributed by atoms with Crippen LogP contribution in [0.4, 0.5) is 4.79 Å². The van der Waals surface area contributed by atoms with Gasteiger partial charge in [0.15, 0.2) is 0 Å². The zero-order chi connectivity index (χ0) is 25.5. The van der Waals surface area contributed by atoms with E-state index in [0.717, 1.165) is 22.3 Å². The molecule has 35 heavy (non-hydrogen) atoms. The maximum absolute atomic E-state index is 12.2. The van der Waals surface area contributed by atoms with Gasteiger partial charge in [0, 0.05) is 5.92 Å². The van der Waals surface area contributed by atoms with Crippen LogP contribution in [0.1, 0.15) is 30.4 Å².